The van der Waals surface area contributed by atoms with E-state index in [4.69, 9.17) is 4.74 Å². The van der Waals surface area contributed by atoms with Gasteiger partial charge in [-0.3, -0.25) is 0 Å². The fraction of sp³-hybridized carbons (Fsp3) is 0.214. The summed E-state index contributed by atoms with van der Waals surface area (Å²) in [5.41, 5.74) is 3.86. The molecule has 1 heterocycles. The third kappa shape index (κ3) is 2.09. The lowest BCUT2D eigenvalue weighted by Gasteiger charge is -2.07. The first-order valence-electron chi connectivity index (χ1n) is 5.44. The van der Waals surface area contributed by atoms with Gasteiger partial charge >= 0.3 is 5.97 Å². The van der Waals surface area contributed by atoms with E-state index < -0.39 is 0 Å². The van der Waals surface area contributed by atoms with Crippen LogP contribution in [-0.4, -0.2) is 17.6 Å². The van der Waals surface area contributed by atoms with Gasteiger partial charge in [-0.1, -0.05) is 23.8 Å². The lowest BCUT2D eigenvalue weighted by atomic mass is 10.1. The normalized spacial score (nSPS) is 10.3. The summed E-state index contributed by atoms with van der Waals surface area (Å²) in [7, 11) is 3.26. The molecule has 0 aliphatic rings. The van der Waals surface area contributed by atoms with Crippen molar-refractivity contribution in [2.75, 3.05) is 7.11 Å². The number of carbonyl (C=O) groups excluding carboxylic acids is 1. The summed E-state index contributed by atoms with van der Waals surface area (Å²) in [5, 5.41) is 0. The number of esters is 1. The van der Waals surface area contributed by atoms with E-state index in [1.54, 1.807) is 6.07 Å². The number of hydrogen-bond donors (Lipinski definition) is 0. The van der Waals surface area contributed by atoms with Gasteiger partial charge in [0.2, 0.25) is 0 Å². The highest BCUT2D eigenvalue weighted by atomic mass is 16.5. The Balaban J connectivity index is 2.48. The number of nitrogens with zero attached hydrogens (tertiary/aromatic N) is 1. The predicted octanol–water partition coefficient (Wildman–Crippen LogP) is 2.79. The fourth-order valence-electron chi connectivity index (χ4n) is 1.92. The molecule has 0 radical (unpaired) electrons. The third-order valence-corrected chi connectivity index (χ3v) is 2.83. The lowest BCUT2D eigenvalue weighted by molar-refractivity contribution is 0.0590. The van der Waals surface area contributed by atoms with Crippen LogP contribution in [0.15, 0.2) is 36.4 Å². The zero-order chi connectivity index (χ0) is 12.4. The first-order valence-corrected chi connectivity index (χ1v) is 5.44. The molecule has 88 valence electrons. The van der Waals surface area contributed by atoms with Gasteiger partial charge in [-0.15, -0.1) is 0 Å². The van der Waals surface area contributed by atoms with E-state index in [1.807, 2.05) is 42.8 Å². The second-order valence-electron chi connectivity index (χ2n) is 4.02. The van der Waals surface area contributed by atoms with Gasteiger partial charge in [0.1, 0.15) is 5.69 Å². The van der Waals surface area contributed by atoms with Crippen LogP contribution < -0.4 is 0 Å². The Labute approximate surface area is 101 Å². The molecule has 3 heteroatoms. The highest BCUT2D eigenvalue weighted by Crippen LogP contribution is 2.22. The monoisotopic (exact) mass is 229 g/mol. The minimum absolute atomic E-state index is 0.314. The van der Waals surface area contributed by atoms with Crippen molar-refractivity contribution in [1.82, 2.24) is 4.57 Å². The van der Waals surface area contributed by atoms with E-state index in [0.29, 0.717) is 5.69 Å². The van der Waals surface area contributed by atoms with E-state index >= 15 is 0 Å². The van der Waals surface area contributed by atoms with Crippen LogP contribution in [0.1, 0.15) is 16.1 Å². The first-order chi connectivity index (χ1) is 8.13. The average Bonchev–Trinajstić information content (AvgIpc) is 2.70. The van der Waals surface area contributed by atoms with Gasteiger partial charge in [-0.25, -0.2) is 4.79 Å². The standard InChI is InChI=1S/C14H15NO2/c1-10-5-4-6-11(9-10)12-7-8-13(15(12)2)14(16)17-3/h4-9H,1-3H3. The van der Waals surface area contributed by atoms with Crippen molar-refractivity contribution in [3.05, 3.63) is 47.7 Å². The molecule has 0 amide bonds. The van der Waals surface area contributed by atoms with Crippen molar-refractivity contribution in [2.45, 2.75) is 6.92 Å². The maximum Gasteiger partial charge on any atom is 0.354 e. The van der Waals surface area contributed by atoms with Gasteiger partial charge in [-0.2, -0.15) is 0 Å². The number of aromatic nitrogens is 1. The Bertz CT molecular complexity index is 555. The zero-order valence-corrected chi connectivity index (χ0v) is 10.2. The number of aryl methyl sites for hydroxylation is 1. The van der Waals surface area contributed by atoms with Crippen LogP contribution >= 0.6 is 0 Å². The molecule has 0 bridgehead atoms. The first kappa shape index (κ1) is 11.5. The highest BCUT2D eigenvalue weighted by Gasteiger charge is 2.13. The summed E-state index contributed by atoms with van der Waals surface area (Å²) in [4.78, 5) is 11.5. The Morgan fingerprint density at radius 3 is 2.65 bits per heavy atom. The minimum Gasteiger partial charge on any atom is -0.464 e. The molecule has 3 nitrogen and oxygen atoms in total. The second-order valence-corrected chi connectivity index (χ2v) is 4.02. The Hall–Kier alpha value is -2.03. The maximum absolute atomic E-state index is 11.5. The number of benzene rings is 1. The van der Waals surface area contributed by atoms with E-state index in [9.17, 15) is 4.79 Å². The van der Waals surface area contributed by atoms with Crippen molar-refractivity contribution in [3.63, 3.8) is 0 Å². The number of hydrogen-bond acceptors (Lipinski definition) is 2. The fourth-order valence-corrected chi connectivity index (χ4v) is 1.92. The van der Waals surface area contributed by atoms with E-state index in [-0.39, 0.29) is 5.97 Å². The van der Waals surface area contributed by atoms with Crippen LogP contribution in [0.25, 0.3) is 11.3 Å². The number of ether oxygens (including phenoxy) is 1. The van der Waals surface area contributed by atoms with Crippen LogP contribution in [0.4, 0.5) is 0 Å². The predicted molar refractivity (Wildman–Crippen MR) is 66.9 cm³/mol. The van der Waals surface area contributed by atoms with Crippen molar-refractivity contribution in [1.29, 1.82) is 0 Å². The molecule has 0 atom stereocenters. The lowest BCUT2D eigenvalue weighted by Crippen LogP contribution is -2.08. The summed E-state index contributed by atoms with van der Waals surface area (Å²) >= 11 is 0. The topological polar surface area (TPSA) is 31.2 Å². The molecule has 0 saturated heterocycles. The molecule has 1 aromatic carbocycles. The summed E-state index contributed by atoms with van der Waals surface area (Å²) in [5.74, 6) is -0.314. The van der Waals surface area contributed by atoms with Crippen LogP contribution in [-0.2, 0) is 11.8 Å². The molecule has 0 aliphatic carbocycles. The number of methoxy groups -OCH3 is 1. The summed E-state index contributed by atoms with van der Waals surface area (Å²) in [6.07, 6.45) is 0. The van der Waals surface area contributed by atoms with Crippen LogP contribution in [0.5, 0.6) is 0 Å². The van der Waals surface area contributed by atoms with Gasteiger partial charge in [-0.05, 0) is 30.7 Å². The molecule has 2 rings (SSSR count). The largest absolute Gasteiger partial charge is 0.464 e. The Morgan fingerprint density at radius 2 is 2.00 bits per heavy atom. The van der Waals surface area contributed by atoms with Gasteiger partial charge in [0, 0.05) is 12.7 Å². The summed E-state index contributed by atoms with van der Waals surface area (Å²) < 4.78 is 6.58. The van der Waals surface area contributed by atoms with Crippen molar-refractivity contribution in [2.24, 2.45) is 7.05 Å². The van der Waals surface area contributed by atoms with Gasteiger partial charge in [0.15, 0.2) is 0 Å². The molecule has 0 N–H and O–H groups in total. The maximum atomic E-state index is 11.5. The Morgan fingerprint density at radius 1 is 1.24 bits per heavy atom. The zero-order valence-electron chi connectivity index (χ0n) is 10.2. The van der Waals surface area contributed by atoms with E-state index in [2.05, 4.69) is 6.07 Å². The highest BCUT2D eigenvalue weighted by molar-refractivity contribution is 5.89. The molecule has 0 unspecified atom stereocenters. The molecule has 0 fully saturated rings. The molecule has 2 aromatic rings. The molecular formula is C14H15NO2. The van der Waals surface area contributed by atoms with Gasteiger partial charge in [0.25, 0.3) is 0 Å². The van der Waals surface area contributed by atoms with E-state index in [1.165, 1.54) is 12.7 Å². The Kier molecular flexibility index (Phi) is 3.00. The number of rotatable bonds is 2. The third-order valence-electron chi connectivity index (χ3n) is 2.83. The minimum atomic E-state index is -0.314. The molecule has 17 heavy (non-hydrogen) atoms. The van der Waals surface area contributed by atoms with Gasteiger partial charge in [0.05, 0.1) is 7.11 Å². The summed E-state index contributed by atoms with van der Waals surface area (Å²) in [6.45, 7) is 2.05. The molecule has 0 aliphatic heterocycles. The SMILES string of the molecule is COC(=O)c1ccc(-c2cccc(C)c2)n1C. The average molecular weight is 229 g/mol. The number of carbonyl (C=O) groups is 1. The molecular weight excluding hydrogens is 214 g/mol. The smallest absolute Gasteiger partial charge is 0.354 e. The van der Waals surface area contributed by atoms with Crippen LogP contribution in [0.3, 0.4) is 0 Å². The molecule has 1 aromatic heterocycles. The summed E-state index contributed by atoms with van der Waals surface area (Å²) in [6, 6.07) is 11.9. The van der Waals surface area contributed by atoms with E-state index in [0.717, 1.165) is 11.3 Å². The quantitative estimate of drug-likeness (QED) is 0.741. The van der Waals surface area contributed by atoms with Crippen molar-refractivity contribution >= 4 is 5.97 Å². The van der Waals surface area contributed by atoms with Crippen LogP contribution in [0.2, 0.25) is 0 Å². The van der Waals surface area contributed by atoms with Crippen molar-refractivity contribution in [3.8, 4) is 11.3 Å². The second kappa shape index (κ2) is 4.45. The van der Waals surface area contributed by atoms with Gasteiger partial charge < -0.3 is 9.30 Å². The van der Waals surface area contributed by atoms with Crippen molar-refractivity contribution < 1.29 is 9.53 Å². The molecule has 0 saturated carbocycles. The van der Waals surface area contributed by atoms with Crippen LogP contribution in [0, 0.1) is 6.92 Å². The molecule has 0 spiro atoms.